The molecule has 1 aliphatic rings. The average molecular weight is 396 g/mol. The van der Waals surface area contributed by atoms with E-state index in [1.165, 1.54) is 30.4 Å². The molecular weight excluding hydrogens is 368 g/mol. The number of anilines is 2. The van der Waals surface area contributed by atoms with Gasteiger partial charge in [0.2, 0.25) is 0 Å². The van der Waals surface area contributed by atoms with Crippen LogP contribution < -0.4 is 5.32 Å². The summed E-state index contributed by atoms with van der Waals surface area (Å²) in [5, 5.41) is 14.8. The average Bonchev–Trinajstić information content (AvgIpc) is 2.66. The number of aryl methyl sites for hydroxylation is 1. The Balaban J connectivity index is 2.08. The zero-order valence-corrected chi connectivity index (χ0v) is 17.9. The molecule has 0 radical (unpaired) electrons. The van der Waals surface area contributed by atoms with E-state index < -0.39 is 10.9 Å². The van der Waals surface area contributed by atoms with E-state index in [2.05, 4.69) is 49.9 Å². The van der Waals surface area contributed by atoms with E-state index in [0.717, 1.165) is 24.1 Å². The molecule has 0 saturated carbocycles. The molecule has 0 heterocycles. The summed E-state index contributed by atoms with van der Waals surface area (Å²) in [5.74, 6) is -0.603. The molecule has 2 aromatic rings. The number of hydrogen-bond acceptors (Lipinski definition) is 5. The Morgan fingerprint density at radius 3 is 2.17 bits per heavy atom. The van der Waals surface area contributed by atoms with Crippen molar-refractivity contribution in [2.45, 2.75) is 58.3 Å². The molecular formula is C23H28N2O4. The first-order valence-electron chi connectivity index (χ1n) is 9.76. The van der Waals surface area contributed by atoms with Crippen molar-refractivity contribution >= 4 is 23.0 Å². The van der Waals surface area contributed by atoms with Gasteiger partial charge >= 0.3 is 5.97 Å². The van der Waals surface area contributed by atoms with Crippen molar-refractivity contribution in [2.75, 3.05) is 12.4 Å². The third kappa shape index (κ3) is 3.84. The fourth-order valence-corrected chi connectivity index (χ4v) is 4.04. The van der Waals surface area contributed by atoms with Crippen molar-refractivity contribution in [2.24, 2.45) is 0 Å². The van der Waals surface area contributed by atoms with Gasteiger partial charge in [0.25, 0.3) is 5.69 Å². The zero-order chi connectivity index (χ0) is 21.6. The molecule has 1 aliphatic carbocycles. The smallest absolute Gasteiger partial charge is 0.338 e. The Morgan fingerprint density at radius 1 is 1.03 bits per heavy atom. The van der Waals surface area contributed by atoms with Gasteiger partial charge in [0, 0.05) is 11.8 Å². The SMILES string of the molecule is COC(=O)c1ccc(Nc2cc3c(cc2C)C(C)(C)CCC3(C)C)c([N+](=O)[O-])c1. The Morgan fingerprint density at radius 2 is 1.62 bits per heavy atom. The number of esters is 1. The number of carbonyl (C=O) groups is 1. The van der Waals surface area contributed by atoms with Crippen LogP contribution in [0.25, 0.3) is 0 Å². The van der Waals surface area contributed by atoms with Crippen molar-refractivity contribution in [1.29, 1.82) is 0 Å². The number of nitrogens with zero attached hydrogens (tertiary/aromatic N) is 1. The molecule has 29 heavy (non-hydrogen) atoms. The summed E-state index contributed by atoms with van der Waals surface area (Å²) in [6, 6.07) is 8.66. The molecule has 6 heteroatoms. The van der Waals surface area contributed by atoms with Gasteiger partial charge in [-0.2, -0.15) is 0 Å². The molecule has 0 aromatic heterocycles. The summed E-state index contributed by atoms with van der Waals surface area (Å²) in [6.45, 7) is 11.0. The van der Waals surface area contributed by atoms with Crippen LogP contribution in [0.1, 0.15) is 67.6 Å². The normalized spacial score (nSPS) is 16.6. The lowest BCUT2D eigenvalue weighted by Gasteiger charge is -2.42. The van der Waals surface area contributed by atoms with Crippen LogP contribution in [0.15, 0.2) is 30.3 Å². The van der Waals surface area contributed by atoms with Gasteiger partial charge in [0.05, 0.1) is 17.6 Å². The number of rotatable bonds is 4. The van der Waals surface area contributed by atoms with Crippen molar-refractivity contribution in [3.63, 3.8) is 0 Å². The largest absolute Gasteiger partial charge is 0.465 e. The number of fused-ring (bicyclic) bond motifs is 1. The molecule has 0 atom stereocenters. The first kappa shape index (κ1) is 20.8. The lowest BCUT2D eigenvalue weighted by atomic mass is 9.63. The van der Waals surface area contributed by atoms with Crippen LogP contribution in [0.4, 0.5) is 17.1 Å². The van der Waals surface area contributed by atoms with Gasteiger partial charge in [0.15, 0.2) is 0 Å². The highest BCUT2D eigenvalue weighted by Gasteiger charge is 2.37. The Labute approximate surface area is 171 Å². The number of methoxy groups -OCH3 is 1. The van der Waals surface area contributed by atoms with E-state index in [-0.39, 0.29) is 22.1 Å². The highest BCUT2D eigenvalue weighted by molar-refractivity contribution is 5.91. The predicted molar refractivity (Wildman–Crippen MR) is 114 cm³/mol. The first-order chi connectivity index (χ1) is 13.5. The van der Waals surface area contributed by atoms with Gasteiger partial charge in [-0.15, -0.1) is 0 Å². The maximum Gasteiger partial charge on any atom is 0.338 e. The highest BCUT2D eigenvalue weighted by Crippen LogP contribution is 2.47. The van der Waals surface area contributed by atoms with Gasteiger partial charge in [0.1, 0.15) is 5.69 Å². The first-order valence-corrected chi connectivity index (χ1v) is 9.76. The molecule has 3 rings (SSSR count). The van der Waals surface area contributed by atoms with Gasteiger partial charge in [-0.25, -0.2) is 4.79 Å². The van der Waals surface area contributed by atoms with Crippen molar-refractivity contribution in [1.82, 2.24) is 0 Å². The molecule has 1 N–H and O–H groups in total. The molecule has 6 nitrogen and oxygen atoms in total. The summed E-state index contributed by atoms with van der Waals surface area (Å²) in [5.41, 5.74) is 4.95. The minimum absolute atomic E-state index is 0.0374. The molecule has 0 saturated heterocycles. The van der Waals surface area contributed by atoms with E-state index in [0.29, 0.717) is 5.69 Å². The fraction of sp³-hybridized carbons (Fsp3) is 0.435. The lowest BCUT2D eigenvalue weighted by Crippen LogP contribution is -2.34. The number of nitro groups is 1. The lowest BCUT2D eigenvalue weighted by molar-refractivity contribution is -0.383. The van der Waals surface area contributed by atoms with Crippen LogP contribution in [-0.4, -0.2) is 18.0 Å². The van der Waals surface area contributed by atoms with Crippen molar-refractivity contribution in [3.8, 4) is 0 Å². The summed E-state index contributed by atoms with van der Waals surface area (Å²) >= 11 is 0. The summed E-state index contributed by atoms with van der Waals surface area (Å²) in [6.07, 6.45) is 2.21. The van der Waals surface area contributed by atoms with Crippen molar-refractivity contribution < 1.29 is 14.5 Å². The summed E-state index contributed by atoms with van der Waals surface area (Å²) < 4.78 is 4.67. The monoisotopic (exact) mass is 396 g/mol. The van der Waals surface area contributed by atoms with Gasteiger partial charge in [-0.3, -0.25) is 10.1 Å². The van der Waals surface area contributed by atoms with Crippen LogP contribution in [0.3, 0.4) is 0 Å². The number of carbonyl (C=O) groups excluding carboxylic acids is 1. The molecule has 0 amide bonds. The Bertz CT molecular complexity index is 993. The molecule has 2 aromatic carbocycles. The molecule has 0 unspecified atom stereocenters. The number of ether oxygens (including phenoxy) is 1. The van der Waals surface area contributed by atoms with Crippen LogP contribution in [0, 0.1) is 17.0 Å². The quantitative estimate of drug-likeness (QED) is 0.402. The van der Waals surface area contributed by atoms with E-state index in [1.54, 1.807) is 6.07 Å². The third-order valence-corrected chi connectivity index (χ3v) is 6.08. The summed E-state index contributed by atoms with van der Waals surface area (Å²) in [7, 11) is 1.25. The second kappa shape index (κ2) is 7.17. The Hall–Kier alpha value is -2.89. The second-order valence-corrected chi connectivity index (χ2v) is 9.09. The molecule has 0 fully saturated rings. The van der Waals surface area contributed by atoms with E-state index in [9.17, 15) is 14.9 Å². The number of nitrogens with one attached hydrogen (secondary N) is 1. The molecule has 0 bridgehead atoms. The topological polar surface area (TPSA) is 81.5 Å². The highest BCUT2D eigenvalue weighted by atomic mass is 16.6. The van der Waals surface area contributed by atoms with Gasteiger partial charge < -0.3 is 10.1 Å². The second-order valence-electron chi connectivity index (χ2n) is 9.09. The van der Waals surface area contributed by atoms with Crippen LogP contribution >= 0.6 is 0 Å². The van der Waals surface area contributed by atoms with E-state index in [4.69, 9.17) is 0 Å². The standard InChI is InChI=1S/C23H28N2O4/c1-14-11-16-17(23(4,5)10-9-22(16,2)3)13-19(14)24-18-8-7-15(21(26)29-6)12-20(18)25(27)28/h7-8,11-13,24H,9-10H2,1-6H3. The van der Waals surface area contributed by atoms with Crippen molar-refractivity contribution in [3.05, 3.63) is 62.7 Å². The van der Waals surface area contributed by atoms with E-state index in [1.807, 2.05) is 6.92 Å². The van der Waals surface area contributed by atoms with Gasteiger partial charge in [-0.05, 0) is 65.5 Å². The van der Waals surface area contributed by atoms with Crippen LogP contribution in [0.5, 0.6) is 0 Å². The van der Waals surface area contributed by atoms with Crippen LogP contribution in [0.2, 0.25) is 0 Å². The zero-order valence-electron chi connectivity index (χ0n) is 17.9. The maximum atomic E-state index is 11.7. The predicted octanol–water partition coefficient (Wildman–Crippen LogP) is 5.78. The maximum absolute atomic E-state index is 11.7. The summed E-state index contributed by atoms with van der Waals surface area (Å²) in [4.78, 5) is 22.8. The minimum atomic E-state index is -0.603. The molecule has 0 spiro atoms. The molecule has 0 aliphatic heterocycles. The fourth-order valence-electron chi connectivity index (χ4n) is 4.04. The minimum Gasteiger partial charge on any atom is -0.465 e. The third-order valence-electron chi connectivity index (χ3n) is 6.08. The van der Waals surface area contributed by atoms with Crippen LogP contribution in [-0.2, 0) is 15.6 Å². The van der Waals surface area contributed by atoms with Gasteiger partial charge in [-0.1, -0.05) is 33.8 Å². The Kier molecular flexibility index (Phi) is 5.15. The number of benzene rings is 2. The number of nitro benzene ring substituents is 1. The molecule has 154 valence electrons. The van der Waals surface area contributed by atoms with E-state index >= 15 is 0 Å². The number of hydrogen-bond donors (Lipinski definition) is 1.